The smallest absolute Gasteiger partial charge is 0.179 e. The van der Waals surface area contributed by atoms with E-state index in [0.717, 1.165) is 24.5 Å². The Labute approximate surface area is 147 Å². The van der Waals surface area contributed by atoms with Gasteiger partial charge in [0.05, 0.1) is 26.4 Å². The van der Waals surface area contributed by atoms with Crippen LogP contribution in [0.2, 0.25) is 0 Å². The first-order valence-electron chi connectivity index (χ1n) is 8.49. The van der Waals surface area contributed by atoms with E-state index in [2.05, 4.69) is 44.2 Å². The third-order valence-corrected chi connectivity index (χ3v) is 3.92. The number of aromatic nitrogens is 2. The van der Waals surface area contributed by atoms with E-state index in [1.807, 2.05) is 18.2 Å². The van der Waals surface area contributed by atoms with Crippen LogP contribution in [-0.2, 0) is 17.7 Å². The van der Waals surface area contributed by atoms with E-state index < -0.39 is 0 Å². The van der Waals surface area contributed by atoms with Gasteiger partial charge < -0.3 is 14.7 Å². The van der Waals surface area contributed by atoms with Crippen molar-refractivity contribution in [3.63, 3.8) is 0 Å². The summed E-state index contributed by atoms with van der Waals surface area (Å²) >= 11 is 0. The van der Waals surface area contributed by atoms with Crippen LogP contribution in [-0.4, -0.2) is 48.0 Å². The number of aliphatic hydroxyl groups is 1. The molecule has 1 aliphatic rings. The van der Waals surface area contributed by atoms with Crippen LogP contribution in [0, 0.1) is 6.92 Å². The van der Waals surface area contributed by atoms with Gasteiger partial charge in [-0.3, -0.25) is 0 Å². The summed E-state index contributed by atoms with van der Waals surface area (Å²) in [6, 6.07) is 10.0. The quantitative estimate of drug-likeness (QED) is 0.816. The molecule has 0 atom stereocenters. The number of hydrogen-bond donors (Lipinski definition) is 1. The number of nitrogens with zero attached hydrogens (tertiary/aromatic N) is 5. The second kappa shape index (κ2) is 8.64. The molecule has 1 aromatic carbocycles. The number of azo groups is 1. The maximum Gasteiger partial charge on any atom is 0.179 e. The van der Waals surface area contributed by atoms with Gasteiger partial charge in [0, 0.05) is 25.6 Å². The number of rotatable bonds is 6. The number of hydrogen-bond acceptors (Lipinski definition) is 7. The molecule has 3 rings (SSSR count). The van der Waals surface area contributed by atoms with Gasteiger partial charge in [-0.2, -0.15) is 5.11 Å². The normalized spacial score (nSPS) is 15.0. The molecule has 0 bridgehead atoms. The van der Waals surface area contributed by atoms with Gasteiger partial charge in [0.15, 0.2) is 5.82 Å². The van der Waals surface area contributed by atoms with E-state index >= 15 is 0 Å². The van der Waals surface area contributed by atoms with Gasteiger partial charge in [-0.15, -0.1) is 5.11 Å². The Kier molecular flexibility index (Phi) is 6.03. The molecule has 1 saturated heterocycles. The topological polar surface area (TPSA) is 83.2 Å². The molecule has 7 heteroatoms. The Morgan fingerprint density at radius 3 is 2.80 bits per heavy atom. The number of benzene rings is 1. The zero-order chi connectivity index (χ0) is 17.5. The van der Waals surface area contributed by atoms with Crippen molar-refractivity contribution in [2.24, 2.45) is 10.2 Å². The fraction of sp³-hybridized carbons (Fsp3) is 0.444. The molecule has 0 amide bonds. The summed E-state index contributed by atoms with van der Waals surface area (Å²) in [5.41, 5.74) is 2.32. The van der Waals surface area contributed by atoms with Crippen LogP contribution in [0.25, 0.3) is 0 Å². The van der Waals surface area contributed by atoms with Gasteiger partial charge in [0.25, 0.3) is 0 Å². The summed E-state index contributed by atoms with van der Waals surface area (Å²) in [5, 5.41) is 17.7. The average Bonchev–Trinajstić information content (AvgIpc) is 2.63. The summed E-state index contributed by atoms with van der Waals surface area (Å²) in [5.74, 6) is 1.91. The van der Waals surface area contributed by atoms with Crippen molar-refractivity contribution in [2.75, 3.05) is 37.8 Å². The minimum absolute atomic E-state index is 0.00639. The molecular weight excluding hydrogens is 318 g/mol. The Morgan fingerprint density at radius 1 is 1.20 bits per heavy atom. The van der Waals surface area contributed by atoms with E-state index in [0.29, 0.717) is 37.8 Å². The third kappa shape index (κ3) is 5.04. The number of anilines is 1. The monoisotopic (exact) mass is 341 g/mol. The highest BCUT2D eigenvalue weighted by Gasteiger charge is 2.14. The van der Waals surface area contributed by atoms with Gasteiger partial charge in [0.2, 0.25) is 0 Å². The van der Waals surface area contributed by atoms with Crippen LogP contribution in [0.15, 0.2) is 40.6 Å². The summed E-state index contributed by atoms with van der Waals surface area (Å²) in [7, 11) is 0. The number of aryl methyl sites for hydroxylation is 1. The van der Waals surface area contributed by atoms with Crippen LogP contribution < -0.4 is 4.90 Å². The zero-order valence-corrected chi connectivity index (χ0v) is 14.4. The maximum absolute atomic E-state index is 9.19. The van der Waals surface area contributed by atoms with Crippen molar-refractivity contribution >= 4 is 11.6 Å². The van der Waals surface area contributed by atoms with E-state index in [-0.39, 0.29) is 6.61 Å². The fourth-order valence-corrected chi connectivity index (χ4v) is 2.69. The minimum Gasteiger partial charge on any atom is -0.396 e. The largest absolute Gasteiger partial charge is 0.396 e. The SMILES string of the molecule is Cc1cccc(CN=Nc2cc(N3CCOCC3)nc(CCO)n2)c1. The Morgan fingerprint density at radius 2 is 2.04 bits per heavy atom. The number of morpholine rings is 1. The van der Waals surface area contributed by atoms with Crippen molar-refractivity contribution in [3.8, 4) is 0 Å². The first-order valence-corrected chi connectivity index (χ1v) is 8.49. The van der Waals surface area contributed by atoms with Crippen LogP contribution in [0.4, 0.5) is 11.6 Å². The molecule has 0 unspecified atom stereocenters. The lowest BCUT2D eigenvalue weighted by molar-refractivity contribution is 0.122. The van der Waals surface area contributed by atoms with Crippen molar-refractivity contribution in [1.29, 1.82) is 0 Å². The zero-order valence-electron chi connectivity index (χ0n) is 14.4. The average molecular weight is 341 g/mol. The van der Waals surface area contributed by atoms with Gasteiger partial charge >= 0.3 is 0 Å². The lowest BCUT2D eigenvalue weighted by Crippen LogP contribution is -2.36. The van der Waals surface area contributed by atoms with E-state index in [1.54, 1.807) is 0 Å². The maximum atomic E-state index is 9.19. The first-order chi connectivity index (χ1) is 12.2. The molecule has 1 N–H and O–H groups in total. The summed E-state index contributed by atoms with van der Waals surface area (Å²) < 4.78 is 5.39. The van der Waals surface area contributed by atoms with Crippen molar-refractivity contribution in [2.45, 2.75) is 19.9 Å². The fourth-order valence-electron chi connectivity index (χ4n) is 2.69. The van der Waals surface area contributed by atoms with Crippen molar-refractivity contribution < 1.29 is 9.84 Å². The molecule has 132 valence electrons. The predicted octanol–water partition coefficient (Wildman–Crippen LogP) is 2.44. The van der Waals surface area contributed by atoms with Crippen LogP contribution in [0.5, 0.6) is 0 Å². The molecule has 1 aromatic heterocycles. The number of aliphatic hydroxyl groups excluding tert-OH is 1. The molecule has 0 saturated carbocycles. The highest BCUT2D eigenvalue weighted by atomic mass is 16.5. The lowest BCUT2D eigenvalue weighted by atomic mass is 10.1. The minimum atomic E-state index is 0.00639. The van der Waals surface area contributed by atoms with Gasteiger partial charge in [-0.05, 0) is 12.5 Å². The van der Waals surface area contributed by atoms with Gasteiger partial charge in [0.1, 0.15) is 11.6 Å². The van der Waals surface area contributed by atoms with Gasteiger partial charge in [-0.25, -0.2) is 9.97 Å². The van der Waals surface area contributed by atoms with E-state index in [1.165, 1.54) is 5.56 Å². The Hall–Kier alpha value is -2.38. The molecule has 2 aromatic rings. The van der Waals surface area contributed by atoms with E-state index in [9.17, 15) is 5.11 Å². The first kappa shape index (κ1) is 17.4. The molecule has 0 spiro atoms. The highest BCUT2D eigenvalue weighted by Crippen LogP contribution is 2.20. The summed E-state index contributed by atoms with van der Waals surface area (Å²) in [6.07, 6.45) is 0.401. The summed E-state index contributed by atoms with van der Waals surface area (Å²) in [6.45, 7) is 5.51. The van der Waals surface area contributed by atoms with Crippen molar-refractivity contribution in [1.82, 2.24) is 9.97 Å². The molecule has 2 heterocycles. The molecule has 0 radical (unpaired) electrons. The lowest BCUT2D eigenvalue weighted by Gasteiger charge is -2.28. The van der Waals surface area contributed by atoms with E-state index in [4.69, 9.17) is 4.74 Å². The Bertz CT molecular complexity index is 729. The molecule has 1 aliphatic heterocycles. The second-order valence-corrected chi connectivity index (χ2v) is 5.96. The van der Waals surface area contributed by atoms with Crippen molar-refractivity contribution in [3.05, 3.63) is 47.3 Å². The molecule has 25 heavy (non-hydrogen) atoms. The third-order valence-electron chi connectivity index (χ3n) is 3.92. The van der Waals surface area contributed by atoms with Gasteiger partial charge in [-0.1, -0.05) is 29.8 Å². The summed E-state index contributed by atoms with van der Waals surface area (Å²) in [4.78, 5) is 11.0. The standard InChI is InChI=1S/C18H23N5O2/c1-14-3-2-4-15(11-14)13-19-22-17-12-18(21-16(20-17)5-8-24)23-6-9-25-10-7-23/h2-4,11-12,24H,5-10,13H2,1H3. The van der Waals surface area contributed by atoms with Crippen LogP contribution in [0.1, 0.15) is 17.0 Å². The highest BCUT2D eigenvalue weighted by molar-refractivity contribution is 5.46. The Balaban J connectivity index is 1.76. The predicted molar refractivity (Wildman–Crippen MR) is 95.3 cm³/mol. The van der Waals surface area contributed by atoms with Crippen LogP contribution >= 0.6 is 0 Å². The van der Waals surface area contributed by atoms with Crippen LogP contribution in [0.3, 0.4) is 0 Å². The molecule has 1 fully saturated rings. The molecule has 0 aliphatic carbocycles. The molecular formula is C18H23N5O2. The number of ether oxygens (including phenoxy) is 1. The molecule has 7 nitrogen and oxygen atoms in total. The second-order valence-electron chi connectivity index (χ2n) is 5.96.